The summed E-state index contributed by atoms with van der Waals surface area (Å²) in [6.07, 6.45) is 0.666. The monoisotopic (exact) mass is 269 g/mol. The molecule has 0 aliphatic rings. The Balaban J connectivity index is 2.46. The Hall–Kier alpha value is -2.05. The molecule has 3 N–H and O–H groups in total. The number of aryl methyl sites for hydroxylation is 1. The SMILES string of the molecule is CCC(C)C(NC(=O)NCc1cc(C)on1)C(=O)O. The molecule has 0 saturated carbocycles. The molecule has 1 rings (SSSR count). The number of nitrogens with zero attached hydrogens (tertiary/aromatic N) is 1. The first-order valence-corrected chi connectivity index (χ1v) is 6.13. The highest BCUT2D eigenvalue weighted by atomic mass is 16.5. The van der Waals surface area contributed by atoms with E-state index >= 15 is 0 Å². The molecule has 0 aromatic carbocycles. The first kappa shape index (κ1) is 15.0. The number of urea groups is 1. The van der Waals surface area contributed by atoms with Crippen molar-refractivity contribution in [1.82, 2.24) is 15.8 Å². The van der Waals surface area contributed by atoms with Gasteiger partial charge in [0, 0.05) is 6.07 Å². The highest BCUT2D eigenvalue weighted by molar-refractivity contribution is 5.82. The molecule has 2 atom stereocenters. The fourth-order valence-electron chi connectivity index (χ4n) is 1.55. The van der Waals surface area contributed by atoms with Crippen LogP contribution in [-0.4, -0.2) is 28.3 Å². The Morgan fingerprint density at radius 3 is 2.68 bits per heavy atom. The van der Waals surface area contributed by atoms with Gasteiger partial charge < -0.3 is 20.3 Å². The lowest BCUT2D eigenvalue weighted by Crippen LogP contribution is -2.48. The van der Waals surface area contributed by atoms with Crippen LogP contribution in [0.4, 0.5) is 4.79 Å². The first-order chi connectivity index (χ1) is 8.93. The summed E-state index contributed by atoms with van der Waals surface area (Å²) in [5.74, 6) is -0.528. The van der Waals surface area contributed by atoms with Gasteiger partial charge >= 0.3 is 12.0 Å². The van der Waals surface area contributed by atoms with E-state index in [9.17, 15) is 9.59 Å². The number of carboxylic acids is 1. The third kappa shape index (κ3) is 4.61. The lowest BCUT2D eigenvalue weighted by molar-refractivity contribution is -0.140. The Kier molecular flexibility index (Phi) is 5.35. The van der Waals surface area contributed by atoms with Gasteiger partial charge in [0.2, 0.25) is 0 Å². The number of aromatic nitrogens is 1. The van der Waals surface area contributed by atoms with Crippen molar-refractivity contribution in [2.45, 2.75) is 39.8 Å². The summed E-state index contributed by atoms with van der Waals surface area (Å²) in [7, 11) is 0. The average Bonchev–Trinajstić information content (AvgIpc) is 2.78. The molecule has 106 valence electrons. The van der Waals surface area contributed by atoms with Crippen LogP contribution in [0.25, 0.3) is 0 Å². The Labute approximate surface area is 111 Å². The number of carboxylic acid groups (broad SMARTS) is 1. The summed E-state index contributed by atoms with van der Waals surface area (Å²) >= 11 is 0. The molecule has 0 spiro atoms. The molecule has 0 radical (unpaired) electrons. The van der Waals surface area contributed by atoms with Crippen LogP contribution < -0.4 is 10.6 Å². The number of aliphatic carboxylic acids is 1. The van der Waals surface area contributed by atoms with Crippen molar-refractivity contribution in [3.05, 3.63) is 17.5 Å². The lowest BCUT2D eigenvalue weighted by atomic mass is 9.99. The van der Waals surface area contributed by atoms with Crippen LogP contribution in [0.15, 0.2) is 10.6 Å². The zero-order valence-corrected chi connectivity index (χ0v) is 11.3. The summed E-state index contributed by atoms with van der Waals surface area (Å²) in [6.45, 7) is 5.59. The molecule has 19 heavy (non-hydrogen) atoms. The van der Waals surface area contributed by atoms with E-state index in [1.807, 2.05) is 6.92 Å². The predicted octanol–water partition coefficient (Wildman–Crippen LogP) is 1.28. The number of nitrogens with one attached hydrogen (secondary N) is 2. The van der Waals surface area contributed by atoms with Crippen molar-refractivity contribution < 1.29 is 19.2 Å². The second-order valence-corrected chi connectivity index (χ2v) is 4.46. The maximum atomic E-state index is 11.6. The summed E-state index contributed by atoms with van der Waals surface area (Å²) in [6, 6.07) is 0.265. The zero-order valence-electron chi connectivity index (χ0n) is 11.3. The van der Waals surface area contributed by atoms with Crippen molar-refractivity contribution in [2.75, 3.05) is 0 Å². The third-order valence-electron chi connectivity index (χ3n) is 2.87. The lowest BCUT2D eigenvalue weighted by Gasteiger charge is -2.20. The molecule has 2 unspecified atom stereocenters. The van der Waals surface area contributed by atoms with E-state index in [4.69, 9.17) is 9.63 Å². The van der Waals surface area contributed by atoms with E-state index in [1.54, 1.807) is 19.9 Å². The molecule has 1 aromatic rings. The van der Waals surface area contributed by atoms with Crippen LogP contribution in [0.5, 0.6) is 0 Å². The van der Waals surface area contributed by atoms with Crippen LogP contribution >= 0.6 is 0 Å². The van der Waals surface area contributed by atoms with Gasteiger partial charge in [-0.15, -0.1) is 0 Å². The van der Waals surface area contributed by atoms with Gasteiger partial charge in [0.1, 0.15) is 17.5 Å². The molecule has 0 aliphatic heterocycles. The molecule has 7 heteroatoms. The second kappa shape index (κ2) is 6.77. The number of amides is 2. The molecule has 0 fully saturated rings. The molecule has 0 aliphatic carbocycles. The third-order valence-corrected chi connectivity index (χ3v) is 2.87. The molecule has 0 saturated heterocycles. The predicted molar refractivity (Wildman–Crippen MR) is 67.5 cm³/mol. The van der Waals surface area contributed by atoms with Crippen LogP contribution in [0, 0.1) is 12.8 Å². The Bertz CT molecular complexity index is 444. The van der Waals surface area contributed by atoms with Crippen LogP contribution in [0.2, 0.25) is 0 Å². The maximum Gasteiger partial charge on any atom is 0.326 e. The summed E-state index contributed by atoms with van der Waals surface area (Å²) in [5.41, 5.74) is 0.586. The molecular formula is C12H19N3O4. The molecule has 7 nitrogen and oxygen atoms in total. The number of carbonyl (C=O) groups is 2. The van der Waals surface area contributed by atoms with Gasteiger partial charge in [-0.05, 0) is 12.8 Å². The number of hydrogen-bond donors (Lipinski definition) is 3. The van der Waals surface area contributed by atoms with E-state index in [0.717, 1.165) is 0 Å². The average molecular weight is 269 g/mol. The molecule has 2 amide bonds. The molecule has 1 heterocycles. The standard InChI is InChI=1S/C12H19N3O4/c1-4-7(2)10(11(16)17)14-12(18)13-6-9-5-8(3)19-15-9/h5,7,10H,4,6H2,1-3H3,(H,16,17)(H2,13,14,18). The Morgan fingerprint density at radius 2 is 2.21 bits per heavy atom. The van der Waals surface area contributed by atoms with Crippen LogP contribution in [-0.2, 0) is 11.3 Å². The van der Waals surface area contributed by atoms with Gasteiger partial charge in [0.25, 0.3) is 0 Å². The normalized spacial score (nSPS) is 13.6. The maximum absolute atomic E-state index is 11.6. The minimum absolute atomic E-state index is 0.141. The number of hydrogen-bond acceptors (Lipinski definition) is 4. The van der Waals surface area contributed by atoms with Gasteiger partial charge in [-0.2, -0.15) is 0 Å². The fraction of sp³-hybridized carbons (Fsp3) is 0.583. The van der Waals surface area contributed by atoms with Crippen LogP contribution in [0.3, 0.4) is 0 Å². The first-order valence-electron chi connectivity index (χ1n) is 6.13. The van der Waals surface area contributed by atoms with E-state index in [2.05, 4.69) is 15.8 Å². The largest absolute Gasteiger partial charge is 0.480 e. The number of carbonyl (C=O) groups excluding carboxylic acids is 1. The molecule has 0 bridgehead atoms. The zero-order chi connectivity index (χ0) is 14.4. The smallest absolute Gasteiger partial charge is 0.326 e. The van der Waals surface area contributed by atoms with E-state index in [-0.39, 0.29) is 12.5 Å². The van der Waals surface area contributed by atoms with Gasteiger partial charge in [-0.3, -0.25) is 0 Å². The van der Waals surface area contributed by atoms with E-state index < -0.39 is 18.0 Å². The van der Waals surface area contributed by atoms with Crippen molar-refractivity contribution in [3.8, 4) is 0 Å². The minimum atomic E-state index is -1.04. The molecule has 1 aromatic heterocycles. The number of rotatable bonds is 6. The van der Waals surface area contributed by atoms with Crippen molar-refractivity contribution in [3.63, 3.8) is 0 Å². The van der Waals surface area contributed by atoms with Gasteiger partial charge in [0.15, 0.2) is 0 Å². The summed E-state index contributed by atoms with van der Waals surface area (Å²) in [4.78, 5) is 22.7. The second-order valence-electron chi connectivity index (χ2n) is 4.46. The van der Waals surface area contributed by atoms with Crippen LogP contribution in [0.1, 0.15) is 31.7 Å². The van der Waals surface area contributed by atoms with Gasteiger partial charge in [-0.25, -0.2) is 9.59 Å². The van der Waals surface area contributed by atoms with Gasteiger partial charge in [0.05, 0.1) is 6.54 Å². The van der Waals surface area contributed by atoms with Crippen molar-refractivity contribution >= 4 is 12.0 Å². The highest BCUT2D eigenvalue weighted by Gasteiger charge is 2.25. The van der Waals surface area contributed by atoms with Crippen molar-refractivity contribution in [1.29, 1.82) is 0 Å². The van der Waals surface area contributed by atoms with Crippen molar-refractivity contribution in [2.24, 2.45) is 5.92 Å². The summed E-state index contributed by atoms with van der Waals surface area (Å²) in [5, 5.41) is 17.7. The topological polar surface area (TPSA) is 104 Å². The fourth-order valence-corrected chi connectivity index (χ4v) is 1.55. The Morgan fingerprint density at radius 1 is 1.53 bits per heavy atom. The van der Waals surface area contributed by atoms with Gasteiger partial charge in [-0.1, -0.05) is 25.4 Å². The highest BCUT2D eigenvalue weighted by Crippen LogP contribution is 2.07. The molecular weight excluding hydrogens is 250 g/mol. The summed E-state index contributed by atoms with van der Waals surface area (Å²) < 4.78 is 4.86. The van der Waals surface area contributed by atoms with E-state index in [1.165, 1.54) is 0 Å². The quantitative estimate of drug-likeness (QED) is 0.721. The van der Waals surface area contributed by atoms with E-state index in [0.29, 0.717) is 17.9 Å². The minimum Gasteiger partial charge on any atom is -0.480 e.